The Morgan fingerprint density at radius 3 is 2.88 bits per heavy atom. The minimum atomic E-state index is -0.763. The lowest BCUT2D eigenvalue weighted by molar-refractivity contribution is -0.136. The molecule has 4 heteroatoms. The van der Waals surface area contributed by atoms with Crippen LogP contribution in [0.4, 0.5) is 5.69 Å². The summed E-state index contributed by atoms with van der Waals surface area (Å²) >= 11 is 0. The van der Waals surface area contributed by atoms with Gasteiger partial charge in [0, 0.05) is 25.1 Å². The molecule has 0 amide bonds. The van der Waals surface area contributed by atoms with E-state index in [9.17, 15) is 4.79 Å². The molecule has 0 spiro atoms. The molecule has 0 aromatic heterocycles. The van der Waals surface area contributed by atoms with Gasteiger partial charge in [0.05, 0.1) is 5.69 Å². The van der Waals surface area contributed by atoms with E-state index in [-0.39, 0.29) is 6.42 Å². The van der Waals surface area contributed by atoms with Gasteiger partial charge in [-0.2, -0.15) is 5.10 Å². The second-order valence-electron chi connectivity index (χ2n) is 4.23. The Kier molecular flexibility index (Phi) is 3.42. The van der Waals surface area contributed by atoms with Crippen molar-refractivity contribution in [2.24, 2.45) is 5.10 Å². The van der Waals surface area contributed by atoms with Crippen LogP contribution < -0.4 is 5.01 Å². The van der Waals surface area contributed by atoms with Crippen LogP contribution >= 0.6 is 0 Å². The van der Waals surface area contributed by atoms with Gasteiger partial charge in [-0.3, -0.25) is 9.80 Å². The number of aryl methyl sites for hydroxylation is 1. The monoisotopic (exact) mass is 232 g/mol. The van der Waals surface area contributed by atoms with E-state index in [2.05, 4.69) is 5.10 Å². The Hall–Kier alpha value is -1.84. The van der Waals surface area contributed by atoms with Crippen LogP contribution in [0.3, 0.4) is 0 Å². The van der Waals surface area contributed by atoms with E-state index in [1.165, 1.54) is 0 Å². The topological polar surface area (TPSA) is 52.9 Å². The molecule has 1 heterocycles. The highest BCUT2D eigenvalue weighted by molar-refractivity contribution is 5.85. The van der Waals surface area contributed by atoms with Crippen molar-refractivity contribution in [3.63, 3.8) is 0 Å². The van der Waals surface area contributed by atoms with Gasteiger partial charge in [-0.25, -0.2) is 0 Å². The first-order chi connectivity index (χ1) is 8.16. The first-order valence-electron chi connectivity index (χ1n) is 5.78. The molecule has 0 aliphatic carbocycles. The lowest BCUT2D eigenvalue weighted by Gasteiger charge is -2.17. The summed E-state index contributed by atoms with van der Waals surface area (Å²) in [5.74, 6) is -0.763. The molecule has 1 aliphatic heterocycles. The van der Waals surface area contributed by atoms with Crippen LogP contribution in [0.15, 0.2) is 29.4 Å². The number of para-hydroxylation sites is 1. The number of benzene rings is 1. The van der Waals surface area contributed by atoms with Gasteiger partial charge in [-0.15, -0.1) is 0 Å². The first kappa shape index (κ1) is 11.6. The molecular weight excluding hydrogens is 216 g/mol. The SMILES string of the molecule is CC1=NN(c2ccccc2CCC(=O)O)CC1. The average molecular weight is 232 g/mol. The van der Waals surface area contributed by atoms with Crippen molar-refractivity contribution < 1.29 is 9.90 Å². The Balaban J connectivity index is 2.18. The number of carboxylic acid groups (broad SMARTS) is 1. The van der Waals surface area contributed by atoms with Crippen molar-refractivity contribution in [1.82, 2.24) is 0 Å². The van der Waals surface area contributed by atoms with Crippen LogP contribution in [-0.4, -0.2) is 23.3 Å². The molecule has 1 aliphatic rings. The van der Waals surface area contributed by atoms with Crippen LogP contribution in [0, 0.1) is 0 Å². The minimum Gasteiger partial charge on any atom is -0.481 e. The largest absolute Gasteiger partial charge is 0.481 e. The molecule has 0 unspecified atom stereocenters. The Labute approximate surface area is 101 Å². The fraction of sp³-hybridized carbons (Fsp3) is 0.385. The third kappa shape index (κ3) is 2.84. The van der Waals surface area contributed by atoms with Crippen LogP contribution in [0.1, 0.15) is 25.3 Å². The highest BCUT2D eigenvalue weighted by Gasteiger charge is 2.15. The predicted molar refractivity (Wildman–Crippen MR) is 67.5 cm³/mol. The summed E-state index contributed by atoms with van der Waals surface area (Å²) in [4.78, 5) is 10.6. The highest BCUT2D eigenvalue weighted by atomic mass is 16.4. The van der Waals surface area contributed by atoms with Crippen molar-refractivity contribution in [2.45, 2.75) is 26.2 Å². The molecule has 1 aromatic rings. The molecule has 17 heavy (non-hydrogen) atoms. The number of anilines is 1. The van der Waals surface area contributed by atoms with Gasteiger partial charge in [0.15, 0.2) is 0 Å². The van der Waals surface area contributed by atoms with Gasteiger partial charge >= 0.3 is 5.97 Å². The fourth-order valence-electron chi connectivity index (χ4n) is 1.96. The molecule has 1 aromatic carbocycles. The van der Waals surface area contributed by atoms with Crippen LogP contribution in [0.2, 0.25) is 0 Å². The fourth-order valence-corrected chi connectivity index (χ4v) is 1.96. The summed E-state index contributed by atoms with van der Waals surface area (Å²) in [5.41, 5.74) is 3.21. The highest BCUT2D eigenvalue weighted by Crippen LogP contribution is 2.24. The number of carboxylic acids is 1. The number of carbonyl (C=O) groups is 1. The third-order valence-corrected chi connectivity index (χ3v) is 2.85. The number of hydrazone groups is 1. The lowest BCUT2D eigenvalue weighted by atomic mass is 10.1. The van der Waals surface area contributed by atoms with E-state index >= 15 is 0 Å². The van der Waals surface area contributed by atoms with E-state index in [1.807, 2.05) is 36.2 Å². The van der Waals surface area contributed by atoms with Crippen LogP contribution in [0.25, 0.3) is 0 Å². The van der Waals surface area contributed by atoms with Crippen molar-refractivity contribution in [2.75, 3.05) is 11.6 Å². The first-order valence-corrected chi connectivity index (χ1v) is 5.78. The van der Waals surface area contributed by atoms with E-state index < -0.39 is 5.97 Å². The molecule has 4 nitrogen and oxygen atoms in total. The standard InChI is InChI=1S/C13H16N2O2/c1-10-8-9-15(14-10)12-5-3-2-4-11(12)6-7-13(16)17/h2-5H,6-9H2,1H3,(H,16,17). The number of hydrogen-bond acceptors (Lipinski definition) is 3. The van der Waals surface area contributed by atoms with Gasteiger partial charge in [0.25, 0.3) is 0 Å². The summed E-state index contributed by atoms with van der Waals surface area (Å²) < 4.78 is 0. The Morgan fingerprint density at radius 2 is 2.24 bits per heavy atom. The van der Waals surface area contributed by atoms with Crippen LogP contribution in [0.5, 0.6) is 0 Å². The van der Waals surface area contributed by atoms with Gasteiger partial charge in [0.1, 0.15) is 0 Å². The maximum Gasteiger partial charge on any atom is 0.303 e. The van der Waals surface area contributed by atoms with Gasteiger partial charge in [-0.1, -0.05) is 18.2 Å². The molecule has 0 bridgehead atoms. The van der Waals surface area contributed by atoms with E-state index in [1.54, 1.807) is 0 Å². The molecule has 0 saturated carbocycles. The number of rotatable bonds is 4. The summed E-state index contributed by atoms with van der Waals surface area (Å²) in [6, 6.07) is 7.87. The molecule has 0 radical (unpaired) electrons. The Morgan fingerprint density at radius 1 is 1.47 bits per heavy atom. The van der Waals surface area contributed by atoms with Gasteiger partial charge in [-0.05, 0) is 25.0 Å². The summed E-state index contributed by atoms with van der Waals surface area (Å²) in [7, 11) is 0. The molecule has 1 N–H and O–H groups in total. The smallest absolute Gasteiger partial charge is 0.303 e. The minimum absolute atomic E-state index is 0.160. The zero-order chi connectivity index (χ0) is 12.3. The maximum atomic E-state index is 10.6. The molecule has 0 fully saturated rings. The van der Waals surface area contributed by atoms with Crippen LogP contribution in [-0.2, 0) is 11.2 Å². The molecule has 0 atom stereocenters. The van der Waals surface area contributed by atoms with E-state index in [0.29, 0.717) is 6.42 Å². The van der Waals surface area contributed by atoms with Crippen molar-refractivity contribution in [3.8, 4) is 0 Å². The molecule has 2 rings (SSSR count). The van der Waals surface area contributed by atoms with E-state index in [4.69, 9.17) is 5.11 Å². The summed E-state index contributed by atoms with van der Waals surface area (Å²) in [5, 5.41) is 15.1. The molecular formula is C13H16N2O2. The molecule has 0 saturated heterocycles. The zero-order valence-electron chi connectivity index (χ0n) is 9.89. The van der Waals surface area contributed by atoms with Gasteiger partial charge < -0.3 is 5.11 Å². The zero-order valence-corrected chi connectivity index (χ0v) is 9.89. The lowest BCUT2D eigenvalue weighted by Crippen LogP contribution is -2.14. The molecule has 90 valence electrons. The van der Waals surface area contributed by atoms with Crippen molar-refractivity contribution in [1.29, 1.82) is 0 Å². The maximum absolute atomic E-state index is 10.6. The second-order valence-corrected chi connectivity index (χ2v) is 4.23. The number of nitrogens with zero attached hydrogens (tertiary/aromatic N) is 2. The average Bonchev–Trinajstić information content (AvgIpc) is 2.73. The van der Waals surface area contributed by atoms with E-state index in [0.717, 1.165) is 29.9 Å². The number of aliphatic carboxylic acids is 1. The predicted octanol–water partition coefficient (Wildman–Crippen LogP) is 2.29. The second kappa shape index (κ2) is 4.99. The number of hydrogen-bond donors (Lipinski definition) is 1. The normalized spacial score (nSPS) is 14.9. The van der Waals surface area contributed by atoms with Gasteiger partial charge in [0.2, 0.25) is 0 Å². The summed E-state index contributed by atoms with van der Waals surface area (Å²) in [6.07, 6.45) is 1.69. The van der Waals surface area contributed by atoms with Crippen molar-refractivity contribution in [3.05, 3.63) is 29.8 Å². The summed E-state index contributed by atoms with van der Waals surface area (Å²) in [6.45, 7) is 2.90. The van der Waals surface area contributed by atoms with Crippen molar-refractivity contribution >= 4 is 17.4 Å². The third-order valence-electron chi connectivity index (χ3n) is 2.85. The Bertz CT molecular complexity index is 454. The quantitative estimate of drug-likeness (QED) is 0.866.